The zero-order valence-electron chi connectivity index (χ0n) is 9.19. The summed E-state index contributed by atoms with van der Waals surface area (Å²) in [5, 5.41) is 0.750. The molecular formula is C15H11ClO. The van der Waals surface area contributed by atoms with Gasteiger partial charge in [0.2, 0.25) is 0 Å². The highest BCUT2D eigenvalue weighted by Gasteiger charge is 2.16. The summed E-state index contributed by atoms with van der Waals surface area (Å²) in [6.07, 6.45) is 2.04. The van der Waals surface area contributed by atoms with Gasteiger partial charge in [-0.2, -0.15) is 0 Å². The van der Waals surface area contributed by atoms with Crippen molar-refractivity contribution in [3.05, 3.63) is 70.2 Å². The van der Waals surface area contributed by atoms with Gasteiger partial charge in [-0.1, -0.05) is 48.0 Å². The van der Waals surface area contributed by atoms with Gasteiger partial charge in [0.1, 0.15) is 12.4 Å². The van der Waals surface area contributed by atoms with E-state index in [0.717, 1.165) is 16.3 Å². The van der Waals surface area contributed by atoms with Crippen LogP contribution in [0.1, 0.15) is 16.7 Å². The molecule has 1 heterocycles. The van der Waals surface area contributed by atoms with Crippen molar-refractivity contribution >= 4 is 23.4 Å². The van der Waals surface area contributed by atoms with Gasteiger partial charge in [-0.3, -0.25) is 0 Å². The number of hydrogen-bond donors (Lipinski definition) is 0. The fourth-order valence-electron chi connectivity index (χ4n) is 1.95. The average molecular weight is 243 g/mol. The van der Waals surface area contributed by atoms with E-state index >= 15 is 0 Å². The van der Waals surface area contributed by atoms with E-state index in [1.807, 2.05) is 42.5 Å². The van der Waals surface area contributed by atoms with Crippen molar-refractivity contribution in [3.63, 3.8) is 0 Å². The minimum absolute atomic E-state index is 0.662. The molecule has 17 heavy (non-hydrogen) atoms. The van der Waals surface area contributed by atoms with E-state index in [-0.39, 0.29) is 0 Å². The Morgan fingerprint density at radius 3 is 2.59 bits per heavy atom. The molecule has 0 saturated heterocycles. The van der Waals surface area contributed by atoms with Crippen LogP contribution < -0.4 is 0 Å². The third kappa shape index (κ3) is 2.06. The van der Waals surface area contributed by atoms with Crippen molar-refractivity contribution in [1.29, 1.82) is 0 Å². The van der Waals surface area contributed by atoms with Crippen LogP contribution in [-0.4, -0.2) is 0 Å². The van der Waals surface area contributed by atoms with Crippen LogP contribution in [0.4, 0.5) is 0 Å². The van der Waals surface area contributed by atoms with E-state index in [1.165, 1.54) is 11.1 Å². The van der Waals surface area contributed by atoms with Crippen molar-refractivity contribution in [1.82, 2.24) is 0 Å². The molecule has 84 valence electrons. The Morgan fingerprint density at radius 1 is 1.00 bits per heavy atom. The maximum atomic E-state index is 5.86. The topological polar surface area (TPSA) is 9.23 Å². The summed E-state index contributed by atoms with van der Waals surface area (Å²) < 4.78 is 5.69. The first kappa shape index (κ1) is 10.4. The predicted molar refractivity (Wildman–Crippen MR) is 70.6 cm³/mol. The lowest BCUT2D eigenvalue weighted by Crippen LogP contribution is -1.80. The second-order valence-corrected chi connectivity index (χ2v) is 4.44. The maximum absolute atomic E-state index is 5.86. The molecule has 2 heteroatoms. The van der Waals surface area contributed by atoms with Gasteiger partial charge in [0, 0.05) is 16.1 Å². The van der Waals surface area contributed by atoms with E-state index in [0.29, 0.717) is 6.61 Å². The number of fused-ring (bicyclic) bond motifs is 1. The molecule has 0 unspecified atom stereocenters. The molecule has 0 bridgehead atoms. The van der Waals surface area contributed by atoms with Gasteiger partial charge in [-0.25, -0.2) is 0 Å². The molecule has 0 N–H and O–H groups in total. The summed E-state index contributed by atoms with van der Waals surface area (Å²) in [6, 6.07) is 16.0. The fourth-order valence-corrected chi connectivity index (χ4v) is 2.08. The molecule has 0 spiro atoms. The van der Waals surface area contributed by atoms with Gasteiger partial charge in [0.05, 0.1) is 0 Å². The predicted octanol–water partition coefficient (Wildman–Crippen LogP) is 4.37. The highest BCUT2D eigenvalue weighted by molar-refractivity contribution is 6.30. The first-order chi connectivity index (χ1) is 8.33. The Balaban J connectivity index is 1.99. The average Bonchev–Trinajstić information content (AvgIpc) is 2.76. The molecule has 1 aliphatic heterocycles. The van der Waals surface area contributed by atoms with Crippen molar-refractivity contribution in [2.75, 3.05) is 0 Å². The SMILES string of the molecule is Clc1ccc(C=C2OCc3ccccc32)cc1. The van der Waals surface area contributed by atoms with Crippen LogP contribution in [0.5, 0.6) is 0 Å². The van der Waals surface area contributed by atoms with Crippen LogP contribution in [0.15, 0.2) is 48.5 Å². The Morgan fingerprint density at radius 2 is 1.76 bits per heavy atom. The van der Waals surface area contributed by atoms with Crippen molar-refractivity contribution in [2.45, 2.75) is 6.61 Å². The largest absolute Gasteiger partial charge is 0.488 e. The van der Waals surface area contributed by atoms with Gasteiger partial charge >= 0.3 is 0 Å². The molecule has 0 radical (unpaired) electrons. The molecule has 0 atom stereocenters. The molecule has 1 aliphatic rings. The fraction of sp³-hybridized carbons (Fsp3) is 0.0667. The van der Waals surface area contributed by atoms with Crippen molar-refractivity contribution in [3.8, 4) is 0 Å². The summed E-state index contributed by atoms with van der Waals surface area (Å²) in [5.74, 6) is 0.933. The third-order valence-corrected chi connectivity index (χ3v) is 3.09. The molecule has 2 aromatic rings. The molecule has 2 aromatic carbocycles. The van der Waals surface area contributed by atoms with E-state index in [1.54, 1.807) is 0 Å². The summed E-state index contributed by atoms with van der Waals surface area (Å²) >= 11 is 5.86. The Labute approximate surface area is 105 Å². The number of benzene rings is 2. The molecule has 0 amide bonds. The lowest BCUT2D eigenvalue weighted by molar-refractivity contribution is 0.287. The second-order valence-electron chi connectivity index (χ2n) is 4.01. The zero-order valence-corrected chi connectivity index (χ0v) is 9.95. The normalized spacial score (nSPS) is 15.7. The first-order valence-electron chi connectivity index (χ1n) is 5.51. The molecule has 0 saturated carbocycles. The Kier molecular flexibility index (Phi) is 2.62. The minimum atomic E-state index is 0.662. The number of hydrogen-bond acceptors (Lipinski definition) is 1. The van der Waals surface area contributed by atoms with E-state index in [9.17, 15) is 0 Å². The van der Waals surface area contributed by atoms with Crippen LogP contribution in [-0.2, 0) is 11.3 Å². The monoisotopic (exact) mass is 242 g/mol. The Hall–Kier alpha value is -1.73. The second kappa shape index (κ2) is 4.27. The quantitative estimate of drug-likeness (QED) is 0.722. The molecular weight excluding hydrogens is 232 g/mol. The summed E-state index contributed by atoms with van der Waals surface area (Å²) in [6.45, 7) is 0.662. The smallest absolute Gasteiger partial charge is 0.128 e. The molecule has 0 aromatic heterocycles. The molecule has 3 rings (SSSR count). The first-order valence-corrected chi connectivity index (χ1v) is 5.89. The molecule has 1 nitrogen and oxygen atoms in total. The third-order valence-electron chi connectivity index (χ3n) is 2.83. The minimum Gasteiger partial charge on any atom is -0.488 e. The van der Waals surface area contributed by atoms with Crippen LogP contribution in [0, 0.1) is 0 Å². The van der Waals surface area contributed by atoms with Crippen LogP contribution >= 0.6 is 11.6 Å². The van der Waals surface area contributed by atoms with E-state index in [4.69, 9.17) is 16.3 Å². The standard InChI is InChI=1S/C15H11ClO/c16-13-7-5-11(6-8-13)9-15-14-4-2-1-3-12(14)10-17-15/h1-9H,10H2. The number of ether oxygens (including phenoxy) is 1. The summed E-state index contributed by atoms with van der Waals surface area (Å²) in [7, 11) is 0. The maximum Gasteiger partial charge on any atom is 0.128 e. The lowest BCUT2D eigenvalue weighted by Gasteiger charge is -2.00. The van der Waals surface area contributed by atoms with Gasteiger partial charge in [-0.15, -0.1) is 0 Å². The highest BCUT2D eigenvalue weighted by Crippen LogP contribution is 2.30. The van der Waals surface area contributed by atoms with Crippen LogP contribution in [0.2, 0.25) is 5.02 Å². The van der Waals surface area contributed by atoms with Gasteiger partial charge in [0.15, 0.2) is 0 Å². The van der Waals surface area contributed by atoms with E-state index < -0.39 is 0 Å². The van der Waals surface area contributed by atoms with Crippen molar-refractivity contribution < 1.29 is 4.74 Å². The zero-order chi connectivity index (χ0) is 11.7. The molecule has 0 fully saturated rings. The van der Waals surface area contributed by atoms with Crippen LogP contribution in [0.25, 0.3) is 11.8 Å². The molecule has 0 aliphatic carbocycles. The Bertz CT molecular complexity index is 570. The summed E-state index contributed by atoms with van der Waals surface area (Å²) in [4.78, 5) is 0. The van der Waals surface area contributed by atoms with E-state index in [2.05, 4.69) is 12.1 Å². The lowest BCUT2D eigenvalue weighted by atomic mass is 10.1. The highest BCUT2D eigenvalue weighted by atomic mass is 35.5. The van der Waals surface area contributed by atoms with Gasteiger partial charge < -0.3 is 4.74 Å². The van der Waals surface area contributed by atoms with Gasteiger partial charge in [0.25, 0.3) is 0 Å². The number of halogens is 1. The van der Waals surface area contributed by atoms with Crippen molar-refractivity contribution in [2.24, 2.45) is 0 Å². The summed E-state index contributed by atoms with van der Waals surface area (Å²) in [5.41, 5.74) is 3.52. The van der Waals surface area contributed by atoms with Crippen LogP contribution in [0.3, 0.4) is 0 Å². The van der Waals surface area contributed by atoms with Gasteiger partial charge in [-0.05, 0) is 23.8 Å². The number of rotatable bonds is 1.